The number of nitrogens with zero attached hydrogens (tertiary/aromatic N) is 2. The van der Waals surface area contributed by atoms with Crippen molar-refractivity contribution in [1.82, 2.24) is 10.2 Å². The van der Waals surface area contributed by atoms with Gasteiger partial charge in [0.25, 0.3) is 5.91 Å². The highest BCUT2D eigenvalue weighted by atomic mass is 19.1. The minimum Gasteiger partial charge on any atom is -0.456 e. The second kappa shape index (κ2) is 9.05. The van der Waals surface area contributed by atoms with E-state index in [1.807, 2.05) is 31.2 Å². The van der Waals surface area contributed by atoms with E-state index in [1.54, 1.807) is 0 Å². The van der Waals surface area contributed by atoms with Gasteiger partial charge in [-0.2, -0.15) is 0 Å². The van der Waals surface area contributed by atoms with Gasteiger partial charge in [-0.25, -0.2) is 8.78 Å². The fraction of sp³-hybridized carbons (Fsp3) is 0.200. The summed E-state index contributed by atoms with van der Waals surface area (Å²) in [6.07, 6.45) is 0.0752. The van der Waals surface area contributed by atoms with Crippen molar-refractivity contribution < 1.29 is 27.5 Å². The Labute approximate surface area is 164 Å². The van der Waals surface area contributed by atoms with Crippen LogP contribution in [0, 0.1) is 18.6 Å². The third-order valence-corrected chi connectivity index (χ3v) is 3.82. The van der Waals surface area contributed by atoms with Crippen LogP contribution in [0.3, 0.4) is 0 Å². The first-order valence-corrected chi connectivity index (χ1v) is 8.70. The number of esters is 1. The van der Waals surface area contributed by atoms with Gasteiger partial charge in [0.15, 0.2) is 6.61 Å². The van der Waals surface area contributed by atoms with E-state index >= 15 is 0 Å². The summed E-state index contributed by atoms with van der Waals surface area (Å²) < 4.78 is 36.5. The number of nitrogens with one attached hydrogen (secondary N) is 1. The number of benzene rings is 2. The molecule has 0 saturated heterocycles. The van der Waals surface area contributed by atoms with Crippen LogP contribution in [0.5, 0.6) is 0 Å². The van der Waals surface area contributed by atoms with Gasteiger partial charge >= 0.3 is 5.97 Å². The molecular formula is C20H17F2N3O4. The summed E-state index contributed by atoms with van der Waals surface area (Å²) in [4.78, 5) is 23.5. The van der Waals surface area contributed by atoms with Gasteiger partial charge in [0.1, 0.15) is 11.6 Å². The smallest absolute Gasteiger partial charge is 0.306 e. The van der Waals surface area contributed by atoms with Gasteiger partial charge in [-0.3, -0.25) is 9.59 Å². The molecule has 0 fully saturated rings. The Morgan fingerprint density at radius 2 is 1.76 bits per heavy atom. The molecule has 1 amide bonds. The highest BCUT2D eigenvalue weighted by Crippen LogP contribution is 2.19. The van der Waals surface area contributed by atoms with Gasteiger partial charge in [0, 0.05) is 23.7 Å². The lowest BCUT2D eigenvalue weighted by molar-refractivity contribution is -0.147. The minimum absolute atomic E-state index is 0.0713. The van der Waals surface area contributed by atoms with E-state index in [9.17, 15) is 18.4 Å². The molecule has 3 rings (SSSR count). The zero-order valence-electron chi connectivity index (χ0n) is 15.4. The van der Waals surface area contributed by atoms with Crippen molar-refractivity contribution >= 4 is 17.6 Å². The molecule has 0 unspecified atom stereocenters. The molecule has 2 aromatic carbocycles. The maximum Gasteiger partial charge on any atom is 0.306 e. The molecule has 0 atom stereocenters. The van der Waals surface area contributed by atoms with Crippen molar-refractivity contribution in [3.05, 3.63) is 65.6 Å². The van der Waals surface area contributed by atoms with Crippen LogP contribution in [0.2, 0.25) is 0 Å². The third-order valence-electron chi connectivity index (χ3n) is 3.82. The molecule has 0 aliphatic carbocycles. The summed E-state index contributed by atoms with van der Waals surface area (Å²) >= 11 is 0. The van der Waals surface area contributed by atoms with Gasteiger partial charge in [-0.15, -0.1) is 10.2 Å². The van der Waals surface area contributed by atoms with E-state index in [2.05, 4.69) is 15.5 Å². The molecule has 1 N–H and O–H groups in total. The Morgan fingerprint density at radius 3 is 2.45 bits per heavy atom. The lowest BCUT2D eigenvalue weighted by atomic mass is 10.1. The first kappa shape index (κ1) is 20.1. The minimum atomic E-state index is -0.832. The van der Waals surface area contributed by atoms with E-state index in [1.165, 1.54) is 0 Å². The number of amides is 1. The number of carbonyl (C=O) groups excluding carboxylic acids is 2. The number of ether oxygens (including phenoxy) is 1. The number of aryl methyl sites for hydroxylation is 2. The average molecular weight is 401 g/mol. The van der Waals surface area contributed by atoms with Gasteiger partial charge in [-0.05, 0) is 31.2 Å². The number of hydrogen-bond acceptors (Lipinski definition) is 6. The summed E-state index contributed by atoms with van der Waals surface area (Å²) in [7, 11) is 0. The van der Waals surface area contributed by atoms with Crippen LogP contribution < -0.4 is 5.32 Å². The molecule has 0 aliphatic heterocycles. The Balaban J connectivity index is 1.44. The van der Waals surface area contributed by atoms with Crippen molar-refractivity contribution in [3.63, 3.8) is 0 Å². The van der Waals surface area contributed by atoms with Crippen LogP contribution in [0.1, 0.15) is 17.9 Å². The topological polar surface area (TPSA) is 94.3 Å². The van der Waals surface area contributed by atoms with E-state index in [0.29, 0.717) is 12.0 Å². The molecular weight excluding hydrogens is 384 g/mol. The normalized spacial score (nSPS) is 10.6. The van der Waals surface area contributed by atoms with Gasteiger partial charge in [-0.1, -0.05) is 17.7 Å². The van der Waals surface area contributed by atoms with Crippen LogP contribution in [0.25, 0.3) is 11.5 Å². The highest BCUT2D eigenvalue weighted by Gasteiger charge is 2.13. The number of hydrogen-bond donors (Lipinski definition) is 1. The molecule has 150 valence electrons. The molecule has 0 bridgehead atoms. The quantitative estimate of drug-likeness (QED) is 0.610. The zero-order valence-corrected chi connectivity index (χ0v) is 15.4. The fourth-order valence-corrected chi connectivity index (χ4v) is 2.42. The number of halogens is 2. The van der Waals surface area contributed by atoms with E-state index in [4.69, 9.17) is 9.15 Å². The molecule has 0 aliphatic rings. The molecule has 1 heterocycles. The molecule has 9 heteroatoms. The molecule has 1 aromatic heterocycles. The lowest BCUT2D eigenvalue weighted by Gasteiger charge is -2.06. The summed E-state index contributed by atoms with van der Waals surface area (Å²) in [5.74, 6) is -2.43. The zero-order chi connectivity index (χ0) is 20.8. The first-order valence-electron chi connectivity index (χ1n) is 8.70. The highest BCUT2D eigenvalue weighted by molar-refractivity contribution is 5.92. The van der Waals surface area contributed by atoms with Gasteiger partial charge < -0.3 is 14.5 Å². The molecule has 29 heavy (non-hydrogen) atoms. The Bertz CT molecular complexity index is 999. The maximum absolute atomic E-state index is 13.1. The predicted molar refractivity (Wildman–Crippen MR) is 98.7 cm³/mol. The molecule has 0 saturated carbocycles. The van der Waals surface area contributed by atoms with E-state index in [0.717, 1.165) is 23.3 Å². The van der Waals surface area contributed by atoms with E-state index < -0.39 is 30.1 Å². The fourth-order valence-electron chi connectivity index (χ4n) is 2.42. The Hall–Kier alpha value is -3.62. The standard InChI is InChI=1S/C20H17F2N3O4/c1-12-2-4-13(5-3-12)20-25-24-18(29-20)6-7-19(27)28-11-17(26)23-16-9-14(21)8-15(22)10-16/h2-5,8-10H,6-7,11H2,1H3,(H,23,26). The van der Waals surface area contributed by atoms with Crippen molar-refractivity contribution in [3.8, 4) is 11.5 Å². The number of aromatic nitrogens is 2. The van der Waals surface area contributed by atoms with Crippen molar-refractivity contribution in [2.75, 3.05) is 11.9 Å². The van der Waals surface area contributed by atoms with E-state index in [-0.39, 0.29) is 24.4 Å². The van der Waals surface area contributed by atoms with Crippen LogP contribution in [0.4, 0.5) is 14.5 Å². The van der Waals surface area contributed by atoms with Crippen molar-refractivity contribution in [2.45, 2.75) is 19.8 Å². The summed E-state index contributed by atoms with van der Waals surface area (Å²) in [5.41, 5.74) is 1.79. The molecule has 7 nitrogen and oxygen atoms in total. The van der Waals surface area contributed by atoms with Crippen LogP contribution in [0.15, 0.2) is 46.9 Å². The predicted octanol–water partition coefficient (Wildman–Crippen LogP) is 3.44. The molecule has 0 radical (unpaired) electrons. The van der Waals surface area contributed by atoms with Crippen LogP contribution in [-0.4, -0.2) is 28.7 Å². The van der Waals surface area contributed by atoms with Crippen molar-refractivity contribution in [1.29, 1.82) is 0 Å². The largest absolute Gasteiger partial charge is 0.456 e. The average Bonchev–Trinajstić information content (AvgIpc) is 3.13. The summed E-state index contributed by atoms with van der Waals surface area (Å²) in [5, 5.41) is 10.1. The number of anilines is 1. The second-order valence-corrected chi connectivity index (χ2v) is 6.23. The monoisotopic (exact) mass is 401 g/mol. The first-order chi connectivity index (χ1) is 13.9. The Morgan fingerprint density at radius 1 is 1.07 bits per heavy atom. The second-order valence-electron chi connectivity index (χ2n) is 6.23. The lowest BCUT2D eigenvalue weighted by Crippen LogP contribution is -2.21. The third kappa shape index (κ3) is 5.93. The van der Waals surface area contributed by atoms with Crippen molar-refractivity contribution in [2.24, 2.45) is 0 Å². The van der Waals surface area contributed by atoms with Crippen LogP contribution >= 0.6 is 0 Å². The number of carbonyl (C=O) groups is 2. The molecule has 0 spiro atoms. The Kier molecular flexibility index (Phi) is 6.28. The summed E-state index contributed by atoms with van der Waals surface area (Å²) in [6, 6.07) is 10.1. The maximum atomic E-state index is 13.1. The molecule has 3 aromatic rings. The van der Waals surface area contributed by atoms with Gasteiger partial charge in [0.2, 0.25) is 11.8 Å². The number of rotatable bonds is 7. The van der Waals surface area contributed by atoms with Crippen LogP contribution in [-0.2, 0) is 20.7 Å². The van der Waals surface area contributed by atoms with Gasteiger partial charge in [0.05, 0.1) is 6.42 Å². The summed E-state index contributed by atoms with van der Waals surface area (Å²) in [6.45, 7) is 1.38. The SMILES string of the molecule is Cc1ccc(-c2nnc(CCC(=O)OCC(=O)Nc3cc(F)cc(F)c3)o2)cc1.